The largest absolute Gasteiger partial charge is 0.457 e. The first kappa shape index (κ1) is 19.7. The van der Waals surface area contributed by atoms with E-state index in [0.717, 1.165) is 41.4 Å². The number of ether oxygens (including phenoxy) is 1. The number of fused-ring (bicyclic) bond motifs is 3. The van der Waals surface area contributed by atoms with E-state index in [1.54, 1.807) is 0 Å². The number of carbonyl (C=O) groups is 3. The molecule has 2 aliphatic rings. The molecule has 2 aliphatic carbocycles. The lowest BCUT2D eigenvalue weighted by molar-refractivity contribution is -0.152. The zero-order chi connectivity index (χ0) is 21.4. The van der Waals surface area contributed by atoms with Gasteiger partial charge in [-0.05, 0) is 37.3 Å². The van der Waals surface area contributed by atoms with Crippen molar-refractivity contribution in [2.75, 3.05) is 6.61 Å². The summed E-state index contributed by atoms with van der Waals surface area (Å²) in [5.41, 5.74) is 3.06. The molecule has 2 fully saturated rings. The van der Waals surface area contributed by atoms with Gasteiger partial charge in [0.05, 0.1) is 17.2 Å². The molecule has 2 atom stereocenters. The van der Waals surface area contributed by atoms with Gasteiger partial charge < -0.3 is 9.72 Å². The number of ketones is 2. The Morgan fingerprint density at radius 3 is 2.35 bits per heavy atom. The monoisotopic (exact) mass is 415 g/mol. The fraction of sp³-hybridized carbons (Fsp3) is 0.346. The van der Waals surface area contributed by atoms with Crippen LogP contribution in [0.4, 0.5) is 0 Å². The van der Waals surface area contributed by atoms with Crippen LogP contribution in [0.1, 0.15) is 42.5 Å². The third kappa shape index (κ3) is 3.69. The Kier molecular flexibility index (Phi) is 5.18. The highest BCUT2D eigenvalue weighted by Gasteiger charge is 2.42. The van der Waals surface area contributed by atoms with Crippen molar-refractivity contribution in [3.05, 3.63) is 60.2 Å². The SMILES string of the molecule is O=C(COC(=O)C1CC2CCCC(C1)C2=O)c1c(-c2ccccc2)[nH]c2ccccc12. The molecule has 2 unspecified atom stereocenters. The number of esters is 1. The minimum absolute atomic E-state index is 0.0148. The predicted molar refractivity (Wildman–Crippen MR) is 118 cm³/mol. The van der Waals surface area contributed by atoms with Crippen molar-refractivity contribution < 1.29 is 19.1 Å². The van der Waals surface area contributed by atoms with E-state index in [-0.39, 0.29) is 36.1 Å². The van der Waals surface area contributed by atoms with Crippen molar-refractivity contribution in [1.82, 2.24) is 4.98 Å². The first-order chi connectivity index (χ1) is 15.1. The molecule has 5 rings (SSSR count). The van der Waals surface area contributed by atoms with Crippen LogP contribution in [0.5, 0.6) is 0 Å². The normalized spacial score (nSPS) is 23.0. The maximum Gasteiger partial charge on any atom is 0.309 e. The summed E-state index contributed by atoms with van der Waals surface area (Å²) in [4.78, 5) is 41.6. The number of benzene rings is 2. The second-order valence-corrected chi connectivity index (χ2v) is 8.71. The number of aromatic amines is 1. The Balaban J connectivity index is 1.35. The van der Waals surface area contributed by atoms with Crippen molar-refractivity contribution in [3.63, 3.8) is 0 Å². The summed E-state index contributed by atoms with van der Waals surface area (Å²) < 4.78 is 5.49. The molecule has 0 spiro atoms. The van der Waals surface area contributed by atoms with E-state index in [4.69, 9.17) is 4.74 Å². The molecule has 5 nitrogen and oxygen atoms in total. The van der Waals surface area contributed by atoms with Crippen LogP contribution in [0.3, 0.4) is 0 Å². The van der Waals surface area contributed by atoms with E-state index in [2.05, 4.69) is 4.98 Å². The van der Waals surface area contributed by atoms with Crippen LogP contribution in [0.15, 0.2) is 54.6 Å². The first-order valence-corrected chi connectivity index (χ1v) is 11.0. The van der Waals surface area contributed by atoms with Crippen molar-refractivity contribution in [1.29, 1.82) is 0 Å². The number of rotatable bonds is 5. The summed E-state index contributed by atoms with van der Waals surface area (Å²) >= 11 is 0. The van der Waals surface area contributed by atoms with Crippen LogP contribution in [0.2, 0.25) is 0 Å². The first-order valence-electron chi connectivity index (χ1n) is 11.0. The molecule has 158 valence electrons. The van der Waals surface area contributed by atoms with Crippen molar-refractivity contribution in [2.45, 2.75) is 32.1 Å². The highest BCUT2D eigenvalue weighted by Crippen LogP contribution is 2.40. The maximum absolute atomic E-state index is 13.2. The number of aromatic nitrogens is 1. The molecule has 2 saturated carbocycles. The van der Waals surface area contributed by atoms with Gasteiger partial charge in [-0.2, -0.15) is 0 Å². The zero-order valence-electron chi connectivity index (χ0n) is 17.3. The van der Waals surface area contributed by atoms with Gasteiger partial charge in [0.1, 0.15) is 5.78 Å². The third-order valence-electron chi connectivity index (χ3n) is 6.77. The molecule has 0 amide bonds. The number of H-pyrrole nitrogens is 1. The van der Waals surface area contributed by atoms with E-state index in [0.29, 0.717) is 24.2 Å². The quantitative estimate of drug-likeness (QED) is 0.472. The van der Waals surface area contributed by atoms with Gasteiger partial charge in [-0.25, -0.2) is 0 Å². The fourth-order valence-electron chi connectivity index (χ4n) is 5.25. The molecular formula is C26H25NO4. The number of hydrogen-bond acceptors (Lipinski definition) is 4. The van der Waals surface area contributed by atoms with E-state index < -0.39 is 0 Å². The van der Waals surface area contributed by atoms with Gasteiger partial charge >= 0.3 is 5.97 Å². The van der Waals surface area contributed by atoms with Gasteiger partial charge in [0.15, 0.2) is 6.61 Å². The number of para-hydroxylation sites is 1. The summed E-state index contributed by atoms with van der Waals surface area (Å²) in [6.07, 6.45) is 3.92. The number of nitrogens with one attached hydrogen (secondary N) is 1. The molecule has 2 aromatic carbocycles. The molecule has 3 aromatic rings. The van der Waals surface area contributed by atoms with Crippen molar-refractivity contribution in [2.24, 2.45) is 17.8 Å². The molecule has 5 heteroatoms. The summed E-state index contributed by atoms with van der Waals surface area (Å²) in [6.45, 7) is -0.291. The van der Waals surface area contributed by atoms with Gasteiger partial charge in [-0.3, -0.25) is 14.4 Å². The predicted octanol–water partition coefficient (Wildman–Crippen LogP) is 4.96. The molecule has 0 aliphatic heterocycles. The van der Waals surface area contributed by atoms with Crippen LogP contribution in [-0.2, 0) is 14.3 Å². The summed E-state index contributed by atoms with van der Waals surface area (Å²) in [6, 6.07) is 17.3. The summed E-state index contributed by atoms with van der Waals surface area (Å²) in [5.74, 6) is -0.566. The highest BCUT2D eigenvalue weighted by atomic mass is 16.5. The average molecular weight is 415 g/mol. The minimum atomic E-state index is -0.348. The van der Waals surface area contributed by atoms with Crippen LogP contribution in [0.25, 0.3) is 22.2 Å². The Hall–Kier alpha value is -3.21. The molecule has 31 heavy (non-hydrogen) atoms. The maximum atomic E-state index is 13.2. The van der Waals surface area contributed by atoms with Gasteiger partial charge in [0.25, 0.3) is 0 Å². The van der Waals surface area contributed by atoms with Crippen molar-refractivity contribution in [3.8, 4) is 11.3 Å². The van der Waals surface area contributed by atoms with E-state index in [1.807, 2.05) is 54.6 Å². The molecule has 1 heterocycles. The Bertz CT molecular complexity index is 1130. The fourth-order valence-corrected chi connectivity index (χ4v) is 5.25. The second kappa shape index (κ2) is 8.14. The van der Waals surface area contributed by atoms with Crippen LogP contribution in [-0.4, -0.2) is 29.1 Å². The third-order valence-corrected chi connectivity index (χ3v) is 6.77. The lowest BCUT2D eigenvalue weighted by atomic mass is 9.67. The Labute approximate surface area is 180 Å². The van der Waals surface area contributed by atoms with Crippen LogP contribution >= 0.6 is 0 Å². The molecular weight excluding hydrogens is 390 g/mol. The lowest BCUT2D eigenvalue weighted by Crippen LogP contribution is -2.39. The molecule has 0 saturated heterocycles. The van der Waals surface area contributed by atoms with Crippen LogP contribution < -0.4 is 0 Å². The average Bonchev–Trinajstić information content (AvgIpc) is 3.17. The Morgan fingerprint density at radius 1 is 0.935 bits per heavy atom. The second-order valence-electron chi connectivity index (χ2n) is 8.71. The van der Waals surface area contributed by atoms with E-state index in [1.165, 1.54) is 0 Å². The van der Waals surface area contributed by atoms with Gasteiger partial charge in [-0.15, -0.1) is 0 Å². The van der Waals surface area contributed by atoms with Gasteiger partial charge in [0.2, 0.25) is 5.78 Å². The lowest BCUT2D eigenvalue weighted by Gasteiger charge is -2.36. The van der Waals surface area contributed by atoms with Gasteiger partial charge in [0, 0.05) is 22.7 Å². The van der Waals surface area contributed by atoms with Gasteiger partial charge in [-0.1, -0.05) is 55.0 Å². The number of hydrogen-bond donors (Lipinski definition) is 1. The molecule has 0 radical (unpaired) electrons. The molecule has 2 bridgehead atoms. The van der Waals surface area contributed by atoms with E-state index in [9.17, 15) is 14.4 Å². The standard InChI is InChI=1S/C26H25NO4/c28-22(15-31-26(30)19-13-17-9-6-10-18(14-19)25(17)29)23-20-11-4-5-12-21(20)27-24(23)16-7-2-1-3-8-16/h1-5,7-8,11-12,17-19,27H,6,9-10,13-15H2. The highest BCUT2D eigenvalue weighted by molar-refractivity contribution is 6.14. The minimum Gasteiger partial charge on any atom is -0.457 e. The van der Waals surface area contributed by atoms with E-state index >= 15 is 0 Å². The molecule has 1 N–H and O–H groups in total. The summed E-state index contributed by atoms with van der Waals surface area (Å²) in [5, 5.41) is 0.820. The topological polar surface area (TPSA) is 76.2 Å². The summed E-state index contributed by atoms with van der Waals surface area (Å²) in [7, 11) is 0. The van der Waals surface area contributed by atoms with Crippen molar-refractivity contribution >= 4 is 28.4 Å². The zero-order valence-corrected chi connectivity index (χ0v) is 17.3. The molecule has 1 aromatic heterocycles. The van der Waals surface area contributed by atoms with Crippen LogP contribution in [0, 0.1) is 17.8 Å². The number of carbonyl (C=O) groups excluding carboxylic acids is 3. The number of Topliss-reactive ketones (excluding diaryl/α,β-unsaturated/α-hetero) is 2. The Morgan fingerprint density at radius 2 is 1.61 bits per heavy atom. The smallest absolute Gasteiger partial charge is 0.309 e.